The van der Waals surface area contributed by atoms with Crippen molar-refractivity contribution in [2.45, 2.75) is 13.1 Å². The summed E-state index contributed by atoms with van der Waals surface area (Å²) in [6.45, 7) is 3.79. The average Bonchev–Trinajstić information content (AvgIpc) is 3.47. The highest BCUT2D eigenvalue weighted by molar-refractivity contribution is 5.93. The second-order valence-corrected chi connectivity index (χ2v) is 6.46. The number of aromatic nitrogens is 3. The Labute approximate surface area is 154 Å². The van der Waals surface area contributed by atoms with Gasteiger partial charge in [-0.05, 0) is 12.1 Å². The third-order valence-corrected chi connectivity index (χ3v) is 4.72. The molecule has 0 atom stereocenters. The first kappa shape index (κ1) is 16.0. The number of carbonyl (C=O) groups excluding carboxylic acids is 1. The predicted octanol–water partition coefficient (Wildman–Crippen LogP) is 1.72. The molecule has 0 N–H and O–H groups in total. The van der Waals surface area contributed by atoms with Gasteiger partial charge in [-0.25, -0.2) is 9.97 Å². The van der Waals surface area contributed by atoms with E-state index in [9.17, 15) is 4.79 Å². The van der Waals surface area contributed by atoms with Gasteiger partial charge in [0.1, 0.15) is 0 Å². The van der Waals surface area contributed by atoms with Crippen LogP contribution < -0.4 is 4.90 Å². The van der Waals surface area contributed by atoms with E-state index in [0.717, 1.165) is 24.3 Å². The van der Waals surface area contributed by atoms with Crippen molar-refractivity contribution in [1.82, 2.24) is 20.0 Å². The highest BCUT2D eigenvalue weighted by atomic mass is 16.5. The highest BCUT2D eigenvalue weighted by Crippen LogP contribution is 2.26. The monoisotopic (exact) mass is 367 g/mol. The molecule has 1 fully saturated rings. The van der Waals surface area contributed by atoms with E-state index in [1.807, 2.05) is 0 Å². The molecule has 1 amide bonds. The van der Waals surface area contributed by atoms with Crippen molar-refractivity contribution in [3.63, 3.8) is 0 Å². The van der Waals surface area contributed by atoms with Crippen LogP contribution in [0.5, 0.6) is 0 Å². The topological polar surface area (TPSA) is 97.7 Å². The molecule has 3 aromatic rings. The van der Waals surface area contributed by atoms with Gasteiger partial charge in [0.25, 0.3) is 5.91 Å². The summed E-state index contributed by atoms with van der Waals surface area (Å²) in [5.41, 5.74) is 2.07. The Morgan fingerprint density at radius 1 is 1.15 bits per heavy atom. The molecule has 0 unspecified atom stereocenters. The lowest BCUT2D eigenvalue weighted by Gasteiger charge is -2.26. The fraction of sp³-hybridized carbons (Fsp3) is 0.333. The number of morpholine rings is 1. The first-order valence-corrected chi connectivity index (χ1v) is 8.75. The van der Waals surface area contributed by atoms with Crippen LogP contribution in [0.3, 0.4) is 0 Å². The van der Waals surface area contributed by atoms with E-state index in [1.54, 1.807) is 35.6 Å². The number of hydrogen-bond donors (Lipinski definition) is 0. The highest BCUT2D eigenvalue weighted by Gasteiger charge is 2.29. The molecule has 0 aliphatic carbocycles. The van der Waals surface area contributed by atoms with Crippen molar-refractivity contribution in [2.24, 2.45) is 0 Å². The lowest BCUT2D eigenvalue weighted by molar-refractivity contribution is 0.0740. The smallest absolute Gasteiger partial charge is 0.276 e. The summed E-state index contributed by atoms with van der Waals surface area (Å²) in [7, 11) is 0. The van der Waals surface area contributed by atoms with Gasteiger partial charge in [-0.3, -0.25) is 4.79 Å². The molecule has 0 bridgehead atoms. The SMILES string of the molecule is O=C(c1cc(-c2ccco2)on1)N1Cc2cnc(N3CCOCC3)nc2C1. The summed E-state index contributed by atoms with van der Waals surface area (Å²) < 4.78 is 15.9. The summed E-state index contributed by atoms with van der Waals surface area (Å²) in [6.07, 6.45) is 3.35. The van der Waals surface area contributed by atoms with E-state index in [0.29, 0.717) is 43.8 Å². The van der Waals surface area contributed by atoms with E-state index < -0.39 is 0 Å². The molecular formula is C18H17N5O4. The van der Waals surface area contributed by atoms with Crippen molar-refractivity contribution < 1.29 is 18.5 Å². The normalized spacial score (nSPS) is 16.6. The van der Waals surface area contributed by atoms with Crippen LogP contribution in [0, 0.1) is 0 Å². The minimum absolute atomic E-state index is 0.206. The first-order chi connectivity index (χ1) is 13.3. The standard InChI is InChI=1S/C18H17N5O4/c24-17(13-8-16(27-21-13)15-2-1-5-26-15)23-10-12-9-19-18(20-14(12)11-23)22-3-6-25-7-4-22/h1-2,5,8-9H,3-4,6-7,10-11H2. The van der Waals surface area contributed by atoms with Crippen molar-refractivity contribution in [1.29, 1.82) is 0 Å². The number of furan rings is 1. The van der Waals surface area contributed by atoms with Crippen molar-refractivity contribution in [3.05, 3.63) is 47.6 Å². The van der Waals surface area contributed by atoms with E-state index in [-0.39, 0.29) is 11.6 Å². The molecule has 27 heavy (non-hydrogen) atoms. The molecule has 2 aliphatic heterocycles. The van der Waals surface area contributed by atoms with Crippen LogP contribution in [0.1, 0.15) is 21.7 Å². The molecule has 1 saturated heterocycles. The molecular weight excluding hydrogens is 350 g/mol. The van der Waals surface area contributed by atoms with Gasteiger partial charge in [0.2, 0.25) is 11.7 Å². The number of carbonyl (C=O) groups is 1. The van der Waals surface area contributed by atoms with Crippen LogP contribution in [0.15, 0.2) is 39.6 Å². The molecule has 9 nitrogen and oxygen atoms in total. The third kappa shape index (κ3) is 2.95. The molecule has 5 heterocycles. The van der Waals surface area contributed by atoms with Crippen molar-refractivity contribution in [3.8, 4) is 11.5 Å². The lowest BCUT2D eigenvalue weighted by Crippen LogP contribution is -2.37. The summed E-state index contributed by atoms with van der Waals surface area (Å²) in [5.74, 6) is 1.44. The summed E-state index contributed by atoms with van der Waals surface area (Å²) in [6, 6.07) is 5.10. The minimum Gasteiger partial charge on any atom is -0.461 e. The molecule has 0 aromatic carbocycles. The van der Waals surface area contributed by atoms with Crippen molar-refractivity contribution >= 4 is 11.9 Å². The minimum atomic E-state index is -0.206. The van der Waals surface area contributed by atoms with Gasteiger partial charge in [0.05, 0.1) is 31.7 Å². The summed E-state index contributed by atoms with van der Waals surface area (Å²) >= 11 is 0. The molecule has 3 aromatic heterocycles. The lowest BCUT2D eigenvalue weighted by atomic mass is 10.3. The average molecular weight is 367 g/mol. The number of rotatable bonds is 3. The maximum absolute atomic E-state index is 12.8. The van der Waals surface area contributed by atoms with Gasteiger partial charge >= 0.3 is 0 Å². The fourth-order valence-corrected chi connectivity index (χ4v) is 3.28. The Hall–Kier alpha value is -3.20. The third-order valence-electron chi connectivity index (χ3n) is 4.72. The van der Waals surface area contributed by atoms with Gasteiger partial charge in [-0.15, -0.1) is 0 Å². The Bertz CT molecular complexity index is 962. The van der Waals surface area contributed by atoms with E-state index >= 15 is 0 Å². The Balaban J connectivity index is 1.32. The Morgan fingerprint density at radius 3 is 2.85 bits per heavy atom. The van der Waals surface area contributed by atoms with Crippen LogP contribution in [0.4, 0.5) is 5.95 Å². The molecule has 9 heteroatoms. The predicted molar refractivity (Wildman–Crippen MR) is 92.8 cm³/mol. The Kier molecular flexibility index (Phi) is 3.86. The molecule has 2 aliphatic rings. The zero-order chi connectivity index (χ0) is 18.2. The first-order valence-electron chi connectivity index (χ1n) is 8.75. The Morgan fingerprint density at radius 2 is 2.04 bits per heavy atom. The maximum Gasteiger partial charge on any atom is 0.276 e. The van der Waals surface area contributed by atoms with E-state index in [1.165, 1.54) is 0 Å². The number of ether oxygens (including phenoxy) is 1. The summed E-state index contributed by atoms with van der Waals surface area (Å²) in [4.78, 5) is 25.7. The molecule has 5 rings (SSSR count). The van der Waals surface area contributed by atoms with Crippen molar-refractivity contribution in [2.75, 3.05) is 31.2 Å². The number of nitrogens with zero attached hydrogens (tertiary/aromatic N) is 5. The molecule has 138 valence electrons. The second-order valence-electron chi connectivity index (χ2n) is 6.46. The fourth-order valence-electron chi connectivity index (χ4n) is 3.28. The van der Waals surface area contributed by atoms with Gasteiger partial charge in [-0.1, -0.05) is 5.16 Å². The number of amides is 1. The zero-order valence-corrected chi connectivity index (χ0v) is 14.5. The van der Waals surface area contributed by atoms with E-state index in [4.69, 9.17) is 13.7 Å². The van der Waals surface area contributed by atoms with Crippen LogP contribution >= 0.6 is 0 Å². The maximum atomic E-state index is 12.8. The van der Waals surface area contributed by atoms with Gasteiger partial charge < -0.3 is 23.5 Å². The molecule has 0 saturated carbocycles. The molecule has 0 spiro atoms. The van der Waals surface area contributed by atoms with Gasteiger partial charge in [0.15, 0.2) is 11.5 Å². The van der Waals surface area contributed by atoms with Crippen LogP contribution in [-0.4, -0.2) is 52.2 Å². The van der Waals surface area contributed by atoms with Crippen LogP contribution in [0.2, 0.25) is 0 Å². The second kappa shape index (κ2) is 6.51. The van der Waals surface area contributed by atoms with E-state index in [2.05, 4.69) is 20.0 Å². The van der Waals surface area contributed by atoms with Gasteiger partial charge in [0, 0.05) is 37.5 Å². The number of hydrogen-bond acceptors (Lipinski definition) is 8. The summed E-state index contributed by atoms with van der Waals surface area (Å²) in [5, 5.41) is 3.89. The largest absolute Gasteiger partial charge is 0.461 e. The quantitative estimate of drug-likeness (QED) is 0.690. The molecule has 0 radical (unpaired) electrons. The van der Waals surface area contributed by atoms with Crippen LogP contribution in [-0.2, 0) is 17.8 Å². The number of anilines is 1. The zero-order valence-electron chi connectivity index (χ0n) is 14.5. The number of fused-ring (bicyclic) bond motifs is 1. The van der Waals surface area contributed by atoms with Gasteiger partial charge in [-0.2, -0.15) is 0 Å². The van der Waals surface area contributed by atoms with Crippen LogP contribution in [0.25, 0.3) is 11.5 Å².